The van der Waals surface area contributed by atoms with Gasteiger partial charge in [-0.25, -0.2) is 5.43 Å². The molecule has 0 aliphatic rings. The highest BCUT2D eigenvalue weighted by Gasteiger charge is 2.21. The first-order valence-electron chi connectivity index (χ1n) is 7.96. The lowest BCUT2D eigenvalue weighted by Gasteiger charge is -2.12. The summed E-state index contributed by atoms with van der Waals surface area (Å²) in [7, 11) is 0. The summed E-state index contributed by atoms with van der Waals surface area (Å²) < 4.78 is 1.44. The molecular weight excluding hydrogens is 354 g/mol. The van der Waals surface area contributed by atoms with Crippen LogP contribution in [0.4, 0.5) is 0 Å². The highest BCUT2D eigenvalue weighted by Crippen LogP contribution is 2.26. The van der Waals surface area contributed by atoms with Gasteiger partial charge in [-0.15, -0.1) is 0 Å². The Balaban J connectivity index is 1.97. The third-order valence-electron chi connectivity index (χ3n) is 3.92. The Hall–Kier alpha value is -3.12. The van der Waals surface area contributed by atoms with Crippen molar-refractivity contribution in [2.75, 3.05) is 0 Å². The van der Waals surface area contributed by atoms with Gasteiger partial charge in [0.2, 0.25) is 0 Å². The minimum absolute atomic E-state index is 0.339. The predicted molar refractivity (Wildman–Crippen MR) is 102 cm³/mol. The number of carbonyl (C=O) groups excluding carboxylic acids is 1. The number of pyridine rings is 1. The maximum absolute atomic E-state index is 12.6. The smallest absolute Gasteiger partial charge is 0.280 e. The van der Waals surface area contributed by atoms with E-state index in [4.69, 9.17) is 11.6 Å². The molecule has 2 aromatic carbocycles. The number of halogens is 1. The molecule has 0 saturated heterocycles. The number of amides is 1. The number of carbonyl (C=O) groups is 1. The number of aryl methyl sites for hydroxylation is 1. The Labute approximate surface area is 154 Å². The van der Waals surface area contributed by atoms with Crippen molar-refractivity contribution in [2.24, 2.45) is 5.10 Å². The molecule has 0 aliphatic heterocycles. The van der Waals surface area contributed by atoms with Crippen LogP contribution in [-0.4, -0.2) is 21.8 Å². The Morgan fingerprint density at radius 2 is 2.04 bits per heavy atom. The van der Waals surface area contributed by atoms with E-state index in [0.29, 0.717) is 28.0 Å². The first-order valence-corrected chi connectivity index (χ1v) is 8.34. The average molecular weight is 370 g/mol. The number of aromatic nitrogens is 1. The van der Waals surface area contributed by atoms with Gasteiger partial charge in [0, 0.05) is 17.0 Å². The molecule has 7 heteroatoms. The predicted octanol–water partition coefficient (Wildman–Crippen LogP) is 3.14. The number of rotatable bonds is 4. The van der Waals surface area contributed by atoms with Gasteiger partial charge in [-0.1, -0.05) is 35.9 Å². The lowest BCUT2D eigenvalue weighted by Crippen LogP contribution is -2.31. The van der Waals surface area contributed by atoms with Crippen molar-refractivity contribution in [1.82, 2.24) is 9.99 Å². The summed E-state index contributed by atoms with van der Waals surface area (Å²) in [4.78, 5) is 25.1. The zero-order valence-electron chi connectivity index (χ0n) is 13.9. The van der Waals surface area contributed by atoms with Gasteiger partial charge in [-0.2, -0.15) is 5.10 Å². The number of nitrogens with one attached hydrogen (secondary N) is 1. The van der Waals surface area contributed by atoms with Crippen molar-refractivity contribution < 1.29 is 9.90 Å². The van der Waals surface area contributed by atoms with Gasteiger partial charge in [-0.05, 0) is 36.8 Å². The number of hydrogen-bond acceptors (Lipinski definition) is 4. The van der Waals surface area contributed by atoms with Gasteiger partial charge >= 0.3 is 0 Å². The minimum Gasteiger partial charge on any atom is -0.506 e. The largest absolute Gasteiger partial charge is 0.506 e. The minimum atomic E-state index is -0.779. The van der Waals surface area contributed by atoms with Crippen molar-refractivity contribution in [3.05, 3.63) is 75.0 Å². The molecule has 0 fully saturated rings. The summed E-state index contributed by atoms with van der Waals surface area (Å²) in [5.74, 6) is -1.13. The van der Waals surface area contributed by atoms with E-state index in [1.54, 1.807) is 55.5 Å². The molecule has 0 bridgehead atoms. The molecule has 0 spiro atoms. The number of benzene rings is 2. The Bertz CT molecular complexity index is 1070. The lowest BCUT2D eigenvalue weighted by molar-refractivity contribution is 0.0950. The number of hydrogen-bond donors (Lipinski definition) is 2. The molecule has 0 saturated carbocycles. The van der Waals surface area contributed by atoms with E-state index in [1.165, 1.54) is 10.8 Å². The van der Waals surface area contributed by atoms with Crippen molar-refractivity contribution in [2.45, 2.75) is 13.5 Å². The van der Waals surface area contributed by atoms with Gasteiger partial charge in [0.1, 0.15) is 11.3 Å². The first-order chi connectivity index (χ1) is 12.5. The fraction of sp³-hybridized carbons (Fsp3) is 0.105. The third-order valence-corrected chi connectivity index (χ3v) is 4.15. The van der Waals surface area contributed by atoms with Crippen LogP contribution >= 0.6 is 11.6 Å². The third kappa shape index (κ3) is 3.32. The molecule has 3 aromatic rings. The Morgan fingerprint density at radius 3 is 2.77 bits per heavy atom. The molecule has 1 amide bonds. The molecule has 1 heterocycles. The standard InChI is InChI=1S/C19H16ClN3O3/c1-2-23-15-9-4-3-8-14(15)17(24)16(19(23)26)18(25)22-21-11-12-6-5-7-13(20)10-12/h3-11,24H,2H2,1H3,(H,22,25)/b21-11-. The summed E-state index contributed by atoms with van der Waals surface area (Å²) in [5.41, 5.74) is 2.62. The number of hydrazone groups is 1. The zero-order valence-corrected chi connectivity index (χ0v) is 14.7. The van der Waals surface area contributed by atoms with Gasteiger partial charge in [0.25, 0.3) is 11.5 Å². The van der Waals surface area contributed by atoms with Crippen LogP contribution < -0.4 is 11.0 Å². The first kappa shape index (κ1) is 17.7. The molecule has 6 nitrogen and oxygen atoms in total. The average Bonchev–Trinajstić information content (AvgIpc) is 2.62. The zero-order chi connectivity index (χ0) is 18.7. The molecule has 0 radical (unpaired) electrons. The Morgan fingerprint density at radius 1 is 1.27 bits per heavy atom. The van der Waals surface area contributed by atoms with Crippen LogP contribution in [-0.2, 0) is 6.54 Å². The summed E-state index contributed by atoms with van der Waals surface area (Å²) in [6.45, 7) is 2.16. The lowest BCUT2D eigenvalue weighted by atomic mass is 10.1. The molecule has 1 aromatic heterocycles. The second kappa shape index (κ2) is 7.41. The van der Waals surface area contributed by atoms with E-state index in [0.717, 1.165) is 0 Å². The second-order valence-electron chi connectivity index (χ2n) is 5.54. The van der Waals surface area contributed by atoms with E-state index in [2.05, 4.69) is 10.5 Å². The summed E-state index contributed by atoms with van der Waals surface area (Å²) in [5, 5.41) is 15.2. The van der Waals surface area contributed by atoms with Crippen molar-refractivity contribution in [1.29, 1.82) is 0 Å². The monoisotopic (exact) mass is 369 g/mol. The van der Waals surface area contributed by atoms with Gasteiger partial charge in [0.15, 0.2) is 0 Å². The van der Waals surface area contributed by atoms with Gasteiger partial charge in [0.05, 0.1) is 11.7 Å². The molecule has 0 unspecified atom stereocenters. The SMILES string of the molecule is CCn1c(=O)c(C(=O)N/N=C\c2cccc(Cl)c2)c(O)c2ccccc21. The molecule has 132 valence electrons. The highest BCUT2D eigenvalue weighted by molar-refractivity contribution is 6.30. The van der Waals surface area contributed by atoms with Crippen molar-refractivity contribution >= 4 is 34.6 Å². The van der Waals surface area contributed by atoms with E-state index in [9.17, 15) is 14.7 Å². The van der Waals surface area contributed by atoms with Crippen molar-refractivity contribution in [3.63, 3.8) is 0 Å². The van der Waals surface area contributed by atoms with Crippen LogP contribution in [0.3, 0.4) is 0 Å². The Kier molecular flexibility index (Phi) is 5.04. The molecule has 26 heavy (non-hydrogen) atoms. The number of para-hydroxylation sites is 1. The highest BCUT2D eigenvalue weighted by atomic mass is 35.5. The van der Waals surface area contributed by atoms with Crippen LogP contribution in [0.25, 0.3) is 10.9 Å². The molecule has 0 aliphatic carbocycles. The second-order valence-corrected chi connectivity index (χ2v) is 5.98. The maximum Gasteiger partial charge on any atom is 0.280 e. The summed E-state index contributed by atoms with van der Waals surface area (Å²) in [6.07, 6.45) is 1.40. The van der Waals surface area contributed by atoms with Crippen LogP contribution in [0.5, 0.6) is 5.75 Å². The molecule has 2 N–H and O–H groups in total. The number of aromatic hydroxyl groups is 1. The number of fused-ring (bicyclic) bond motifs is 1. The van der Waals surface area contributed by atoms with E-state index >= 15 is 0 Å². The van der Waals surface area contributed by atoms with E-state index < -0.39 is 11.5 Å². The van der Waals surface area contributed by atoms with E-state index in [1.807, 2.05) is 0 Å². The van der Waals surface area contributed by atoms with Crippen LogP contribution in [0.1, 0.15) is 22.8 Å². The molecular formula is C19H16ClN3O3. The fourth-order valence-electron chi connectivity index (χ4n) is 2.72. The summed E-state index contributed by atoms with van der Waals surface area (Å²) >= 11 is 5.89. The number of nitrogens with zero attached hydrogens (tertiary/aromatic N) is 2. The van der Waals surface area contributed by atoms with Crippen LogP contribution in [0.15, 0.2) is 58.4 Å². The molecule has 3 rings (SSSR count). The molecule has 0 atom stereocenters. The van der Waals surface area contributed by atoms with Gasteiger partial charge in [-0.3, -0.25) is 9.59 Å². The van der Waals surface area contributed by atoms with E-state index in [-0.39, 0.29) is 11.3 Å². The fourth-order valence-corrected chi connectivity index (χ4v) is 2.92. The quantitative estimate of drug-likeness (QED) is 0.547. The normalized spacial score (nSPS) is 11.2. The maximum atomic E-state index is 12.6. The van der Waals surface area contributed by atoms with Crippen LogP contribution in [0, 0.1) is 0 Å². The summed E-state index contributed by atoms with van der Waals surface area (Å²) in [6, 6.07) is 13.8. The van der Waals surface area contributed by atoms with Crippen LogP contribution in [0.2, 0.25) is 5.02 Å². The van der Waals surface area contributed by atoms with Gasteiger partial charge < -0.3 is 9.67 Å². The van der Waals surface area contributed by atoms with Crippen molar-refractivity contribution in [3.8, 4) is 5.75 Å². The topological polar surface area (TPSA) is 83.7 Å².